The molecular formula is C46H32N6. The fourth-order valence-electron chi connectivity index (χ4n) is 7.81. The third kappa shape index (κ3) is 4.87. The first-order valence-corrected chi connectivity index (χ1v) is 17.5. The van der Waals surface area contributed by atoms with Gasteiger partial charge < -0.3 is 14.5 Å². The first-order chi connectivity index (χ1) is 25.7. The van der Waals surface area contributed by atoms with Gasteiger partial charge in [-0.2, -0.15) is 5.26 Å². The first kappa shape index (κ1) is 29.9. The van der Waals surface area contributed by atoms with Gasteiger partial charge in [-0.25, -0.2) is 4.99 Å². The number of nitrogens with zero attached hydrogens (tertiary/aromatic N) is 4. The second kappa shape index (κ2) is 12.1. The molecule has 0 saturated heterocycles. The van der Waals surface area contributed by atoms with Gasteiger partial charge >= 0.3 is 0 Å². The van der Waals surface area contributed by atoms with Crippen molar-refractivity contribution in [3.63, 3.8) is 0 Å². The molecular weight excluding hydrogens is 637 g/mol. The van der Waals surface area contributed by atoms with E-state index in [1.165, 1.54) is 10.8 Å². The van der Waals surface area contributed by atoms with Crippen molar-refractivity contribution in [2.24, 2.45) is 4.99 Å². The van der Waals surface area contributed by atoms with Crippen LogP contribution in [-0.2, 0) is 0 Å². The van der Waals surface area contributed by atoms with Crippen LogP contribution in [0.2, 0.25) is 0 Å². The summed E-state index contributed by atoms with van der Waals surface area (Å²) in [5, 5.41) is 21.9. The summed E-state index contributed by atoms with van der Waals surface area (Å²) in [6.45, 7) is 0. The standard InChI is InChI=1S/C46H32N6/c47-29-30-23-24-41-37(25-30)39-27-38-36-21-10-11-22-40(36)51(34-18-8-3-9-19-34)42(38)28-43(39)52(41)35-20-12-17-33(26-35)46-49-44(31-13-4-1-5-14-31)48-45(50-46)32-15-6-2-7-16-32/h1-28,44-45,48H,(H,49,50). The second-order valence-corrected chi connectivity index (χ2v) is 13.2. The Hall–Kier alpha value is -6.94. The summed E-state index contributed by atoms with van der Waals surface area (Å²) in [7, 11) is 0. The quantitative estimate of drug-likeness (QED) is 0.192. The van der Waals surface area contributed by atoms with Crippen molar-refractivity contribution < 1.29 is 0 Å². The summed E-state index contributed by atoms with van der Waals surface area (Å²) in [6, 6.07) is 61.6. The Morgan fingerprint density at radius 3 is 1.88 bits per heavy atom. The van der Waals surface area contributed by atoms with Crippen LogP contribution < -0.4 is 10.6 Å². The van der Waals surface area contributed by atoms with E-state index < -0.39 is 0 Å². The van der Waals surface area contributed by atoms with Crippen LogP contribution in [0.4, 0.5) is 0 Å². The molecule has 2 N–H and O–H groups in total. The maximum atomic E-state index is 9.94. The van der Waals surface area contributed by atoms with Gasteiger partial charge in [0.1, 0.15) is 18.2 Å². The van der Waals surface area contributed by atoms with Crippen molar-refractivity contribution in [3.05, 3.63) is 192 Å². The Kier molecular flexibility index (Phi) is 6.98. The summed E-state index contributed by atoms with van der Waals surface area (Å²) in [6.07, 6.45) is -0.356. The molecule has 10 rings (SSSR count). The number of aliphatic imine (C=N–C) groups is 1. The molecule has 9 aromatic rings. The fraction of sp³-hybridized carbons (Fsp3) is 0.0435. The molecule has 246 valence electrons. The number of fused-ring (bicyclic) bond motifs is 6. The maximum absolute atomic E-state index is 9.94. The van der Waals surface area contributed by atoms with Crippen LogP contribution >= 0.6 is 0 Å². The van der Waals surface area contributed by atoms with Gasteiger partial charge in [0.15, 0.2) is 0 Å². The molecule has 1 aliphatic heterocycles. The third-order valence-corrected chi connectivity index (χ3v) is 10.2. The number of para-hydroxylation sites is 2. The minimum Gasteiger partial charge on any atom is -0.350 e. The third-order valence-electron chi connectivity index (χ3n) is 10.2. The fourth-order valence-corrected chi connectivity index (χ4v) is 7.81. The zero-order valence-corrected chi connectivity index (χ0v) is 28.1. The van der Waals surface area contributed by atoms with E-state index >= 15 is 0 Å². The van der Waals surface area contributed by atoms with E-state index in [2.05, 4.69) is 171 Å². The van der Waals surface area contributed by atoms with Crippen LogP contribution in [-0.4, -0.2) is 15.0 Å². The number of hydrogen-bond donors (Lipinski definition) is 2. The number of amidine groups is 1. The van der Waals surface area contributed by atoms with E-state index in [1.54, 1.807) is 0 Å². The number of benzene rings is 7. The van der Waals surface area contributed by atoms with Crippen molar-refractivity contribution in [3.8, 4) is 17.4 Å². The van der Waals surface area contributed by atoms with Gasteiger partial charge in [-0.1, -0.05) is 109 Å². The molecule has 2 unspecified atom stereocenters. The van der Waals surface area contributed by atoms with Gasteiger partial charge in [0.2, 0.25) is 0 Å². The number of nitrogens with one attached hydrogen (secondary N) is 2. The average molecular weight is 669 g/mol. The van der Waals surface area contributed by atoms with E-state index in [1.807, 2.05) is 24.3 Å². The largest absolute Gasteiger partial charge is 0.350 e. The van der Waals surface area contributed by atoms with Gasteiger partial charge in [0.05, 0.1) is 33.7 Å². The van der Waals surface area contributed by atoms with Gasteiger partial charge in [0, 0.05) is 38.5 Å². The molecule has 2 aromatic heterocycles. The Balaban J connectivity index is 1.20. The molecule has 3 heterocycles. The zero-order chi connectivity index (χ0) is 34.6. The second-order valence-electron chi connectivity index (χ2n) is 13.2. The molecule has 1 aliphatic rings. The number of aromatic nitrogens is 2. The van der Waals surface area contributed by atoms with E-state index in [9.17, 15) is 5.26 Å². The molecule has 0 spiro atoms. The molecule has 52 heavy (non-hydrogen) atoms. The Morgan fingerprint density at radius 1 is 0.500 bits per heavy atom. The van der Waals surface area contributed by atoms with Crippen molar-refractivity contribution in [2.45, 2.75) is 12.3 Å². The predicted octanol–water partition coefficient (Wildman–Crippen LogP) is 10.1. The topological polar surface area (TPSA) is 70.1 Å². The average Bonchev–Trinajstić information content (AvgIpc) is 3.72. The predicted molar refractivity (Wildman–Crippen MR) is 211 cm³/mol. The number of nitriles is 1. The van der Waals surface area contributed by atoms with Crippen molar-refractivity contribution in [1.82, 2.24) is 19.8 Å². The van der Waals surface area contributed by atoms with E-state index in [-0.39, 0.29) is 12.3 Å². The highest BCUT2D eigenvalue weighted by Crippen LogP contribution is 2.40. The molecule has 0 radical (unpaired) electrons. The van der Waals surface area contributed by atoms with Crippen molar-refractivity contribution >= 4 is 49.4 Å². The van der Waals surface area contributed by atoms with E-state index in [0.29, 0.717) is 5.56 Å². The van der Waals surface area contributed by atoms with Crippen LogP contribution in [0.1, 0.15) is 34.6 Å². The van der Waals surface area contributed by atoms with Gasteiger partial charge in [0.25, 0.3) is 0 Å². The summed E-state index contributed by atoms with van der Waals surface area (Å²) in [4.78, 5) is 5.22. The monoisotopic (exact) mass is 668 g/mol. The number of rotatable bonds is 5. The zero-order valence-electron chi connectivity index (χ0n) is 28.1. The summed E-state index contributed by atoms with van der Waals surface area (Å²) in [5.41, 5.74) is 10.4. The highest BCUT2D eigenvalue weighted by atomic mass is 15.3. The Morgan fingerprint density at radius 2 is 1.12 bits per heavy atom. The summed E-state index contributed by atoms with van der Waals surface area (Å²) < 4.78 is 4.68. The lowest BCUT2D eigenvalue weighted by atomic mass is 10.1. The SMILES string of the molecule is N#Cc1ccc2c(c1)c1cc3c4ccccc4n(-c4ccccc4)c3cc1n2-c1cccc(C2=NC(c3ccccc3)NC(c3ccccc3)N2)c1. The van der Waals surface area contributed by atoms with Gasteiger partial charge in [-0.05, 0) is 71.8 Å². The normalized spacial score (nSPS) is 15.9. The van der Waals surface area contributed by atoms with Crippen LogP contribution in [0.15, 0.2) is 175 Å². The lowest BCUT2D eigenvalue weighted by Gasteiger charge is -2.32. The molecule has 7 aromatic carbocycles. The lowest BCUT2D eigenvalue weighted by molar-refractivity contribution is 0.409. The minimum absolute atomic E-state index is 0.131. The molecule has 0 aliphatic carbocycles. The van der Waals surface area contributed by atoms with Gasteiger partial charge in [-0.3, -0.25) is 5.32 Å². The highest BCUT2D eigenvalue weighted by Gasteiger charge is 2.26. The van der Waals surface area contributed by atoms with Crippen LogP contribution in [0.3, 0.4) is 0 Å². The Bertz CT molecular complexity index is 2860. The molecule has 6 nitrogen and oxygen atoms in total. The summed E-state index contributed by atoms with van der Waals surface area (Å²) in [5.74, 6) is 0.822. The van der Waals surface area contributed by atoms with Crippen LogP contribution in [0.25, 0.3) is 55.0 Å². The first-order valence-electron chi connectivity index (χ1n) is 17.5. The molecule has 6 heteroatoms. The minimum atomic E-state index is -0.225. The van der Waals surface area contributed by atoms with E-state index in [0.717, 1.165) is 66.7 Å². The van der Waals surface area contributed by atoms with Crippen LogP contribution in [0.5, 0.6) is 0 Å². The summed E-state index contributed by atoms with van der Waals surface area (Å²) >= 11 is 0. The van der Waals surface area contributed by atoms with Crippen molar-refractivity contribution in [1.29, 1.82) is 5.26 Å². The van der Waals surface area contributed by atoms with Gasteiger partial charge in [-0.15, -0.1) is 0 Å². The molecule has 0 bridgehead atoms. The molecule has 2 atom stereocenters. The van der Waals surface area contributed by atoms with Crippen LogP contribution in [0, 0.1) is 11.3 Å². The van der Waals surface area contributed by atoms with E-state index in [4.69, 9.17) is 4.99 Å². The lowest BCUT2D eigenvalue weighted by Crippen LogP contribution is -2.44. The maximum Gasteiger partial charge on any atom is 0.131 e. The smallest absolute Gasteiger partial charge is 0.131 e. The molecule has 0 saturated carbocycles. The number of hydrogen-bond acceptors (Lipinski definition) is 4. The van der Waals surface area contributed by atoms with Crippen molar-refractivity contribution in [2.75, 3.05) is 0 Å². The highest BCUT2D eigenvalue weighted by molar-refractivity contribution is 6.19. The molecule has 0 fully saturated rings. The Labute approximate surface area is 300 Å². The molecule has 0 amide bonds.